The summed E-state index contributed by atoms with van der Waals surface area (Å²) in [5, 5.41) is 16.3. The minimum Gasteiger partial charge on any atom is -0.322 e. The number of hydrogen-bond donors (Lipinski definition) is 3. The van der Waals surface area contributed by atoms with Gasteiger partial charge in [0, 0.05) is 34.1 Å². The van der Waals surface area contributed by atoms with Crippen LogP contribution in [0, 0.1) is 6.92 Å². The number of hydrogen-bond acceptors (Lipinski definition) is 5. The van der Waals surface area contributed by atoms with Gasteiger partial charge in [-0.15, -0.1) is 0 Å². The van der Waals surface area contributed by atoms with Crippen LogP contribution in [0.3, 0.4) is 0 Å². The lowest BCUT2D eigenvalue weighted by molar-refractivity contribution is 0.102. The molecule has 0 aliphatic heterocycles. The van der Waals surface area contributed by atoms with E-state index in [2.05, 4.69) is 15.5 Å². The summed E-state index contributed by atoms with van der Waals surface area (Å²) < 4.78 is 24.8. The number of amides is 1. The van der Waals surface area contributed by atoms with Gasteiger partial charge < -0.3 is 9.88 Å². The molecule has 0 spiro atoms. The Bertz CT molecular complexity index is 1820. The van der Waals surface area contributed by atoms with Crippen LogP contribution in [0.1, 0.15) is 21.6 Å². The number of nitrogens with two attached hydrogens (primary N) is 1. The van der Waals surface area contributed by atoms with Gasteiger partial charge in [0.15, 0.2) is 0 Å². The number of nitrogens with zero attached hydrogens (tertiary/aromatic N) is 2. The van der Waals surface area contributed by atoms with Crippen molar-refractivity contribution in [3.63, 3.8) is 0 Å². The molecule has 3 aromatic carbocycles. The van der Waals surface area contributed by atoms with Crippen LogP contribution in [-0.2, 0) is 16.6 Å². The van der Waals surface area contributed by atoms with Gasteiger partial charge in [0.1, 0.15) is 0 Å². The molecule has 2 heterocycles. The van der Waals surface area contributed by atoms with E-state index >= 15 is 0 Å². The van der Waals surface area contributed by atoms with Crippen LogP contribution in [-0.4, -0.2) is 29.1 Å². The lowest BCUT2D eigenvalue weighted by atomic mass is 10.0. The summed E-state index contributed by atoms with van der Waals surface area (Å²) in [6.45, 7) is 2.22. The second-order valence-corrected chi connectivity index (χ2v) is 10.2. The summed E-state index contributed by atoms with van der Waals surface area (Å²) in [6, 6.07) is 20.2. The number of carbonyl (C=O) groups is 1. The van der Waals surface area contributed by atoms with E-state index in [1.54, 1.807) is 41.2 Å². The fourth-order valence-corrected chi connectivity index (χ4v) is 4.74. The van der Waals surface area contributed by atoms with Crippen molar-refractivity contribution in [2.75, 3.05) is 5.32 Å². The Morgan fingerprint density at radius 2 is 1.86 bits per heavy atom. The van der Waals surface area contributed by atoms with Gasteiger partial charge in [-0.1, -0.05) is 24.3 Å². The summed E-state index contributed by atoms with van der Waals surface area (Å²) in [5.74, 6) is -0.415. The Labute approximate surface area is 212 Å². The fourth-order valence-electron chi connectivity index (χ4n) is 4.18. The van der Waals surface area contributed by atoms with Gasteiger partial charge in [0.25, 0.3) is 11.5 Å². The first kappa shape index (κ1) is 24.2. The van der Waals surface area contributed by atoms with Crippen molar-refractivity contribution in [1.29, 1.82) is 0 Å². The molecular weight excluding hydrogens is 490 g/mol. The molecule has 0 aliphatic rings. The number of aromatic nitrogens is 3. The number of sulfonamides is 1. The number of benzene rings is 3. The number of carbonyl (C=O) groups excluding carboxylic acids is 1. The normalized spacial score (nSPS) is 11.5. The van der Waals surface area contributed by atoms with Crippen molar-refractivity contribution in [2.45, 2.75) is 18.4 Å². The third kappa shape index (κ3) is 5.06. The highest BCUT2D eigenvalue weighted by Crippen LogP contribution is 2.25. The topological polar surface area (TPSA) is 140 Å². The predicted octanol–water partition coefficient (Wildman–Crippen LogP) is 3.65. The summed E-state index contributed by atoms with van der Waals surface area (Å²) in [4.78, 5) is 25.9. The first-order chi connectivity index (χ1) is 17.7. The highest BCUT2D eigenvalue weighted by Gasteiger charge is 2.12. The van der Waals surface area contributed by atoms with Crippen molar-refractivity contribution < 1.29 is 13.2 Å². The maximum Gasteiger partial charge on any atom is 0.258 e. The molecule has 10 heteroatoms. The number of aromatic amines is 1. The van der Waals surface area contributed by atoms with Gasteiger partial charge in [-0.3, -0.25) is 14.7 Å². The standard InChI is InChI=1S/C27H23N5O4S/c1-17-25(15-29-31-17)19-8-9-24-20(13-19)10-11-32(27(24)34)16-18-4-2-5-21(12-18)26(33)30-22-6-3-7-23(14-22)37(28,35)36/h2-15H,16H2,1H3,(H,29,31)(H,30,33)(H2,28,35,36). The Balaban J connectivity index is 1.38. The molecule has 2 aromatic heterocycles. The van der Waals surface area contributed by atoms with Crippen LogP contribution in [0.4, 0.5) is 5.69 Å². The van der Waals surface area contributed by atoms with Crippen LogP contribution < -0.4 is 16.0 Å². The summed E-state index contributed by atoms with van der Waals surface area (Å²) >= 11 is 0. The second-order valence-electron chi connectivity index (χ2n) is 8.69. The predicted molar refractivity (Wildman–Crippen MR) is 142 cm³/mol. The number of primary sulfonamides is 1. The van der Waals surface area contributed by atoms with Crippen LogP contribution in [0.25, 0.3) is 21.9 Å². The van der Waals surface area contributed by atoms with Crippen molar-refractivity contribution in [2.24, 2.45) is 5.14 Å². The van der Waals surface area contributed by atoms with Gasteiger partial charge in [0.05, 0.1) is 17.6 Å². The summed E-state index contributed by atoms with van der Waals surface area (Å²) in [7, 11) is -3.89. The zero-order valence-corrected chi connectivity index (χ0v) is 20.6. The van der Waals surface area contributed by atoms with Gasteiger partial charge in [-0.2, -0.15) is 5.10 Å². The molecule has 9 nitrogen and oxygen atoms in total. The Morgan fingerprint density at radius 3 is 2.62 bits per heavy atom. The summed E-state index contributed by atoms with van der Waals surface area (Å²) in [6.07, 6.45) is 3.50. The molecular formula is C27H23N5O4S. The van der Waals surface area contributed by atoms with Crippen LogP contribution in [0.5, 0.6) is 0 Å². The molecule has 0 fully saturated rings. The van der Waals surface area contributed by atoms with Gasteiger partial charge in [-0.05, 0) is 72.0 Å². The fraction of sp³-hybridized carbons (Fsp3) is 0.0741. The molecule has 0 radical (unpaired) electrons. The van der Waals surface area contributed by atoms with Crippen LogP contribution in [0.2, 0.25) is 0 Å². The van der Waals surface area contributed by atoms with E-state index < -0.39 is 15.9 Å². The monoisotopic (exact) mass is 513 g/mol. The third-order valence-electron chi connectivity index (χ3n) is 6.08. The molecule has 4 N–H and O–H groups in total. The van der Waals surface area contributed by atoms with Crippen molar-refractivity contribution in [1.82, 2.24) is 14.8 Å². The second kappa shape index (κ2) is 9.49. The van der Waals surface area contributed by atoms with Gasteiger partial charge >= 0.3 is 0 Å². The molecule has 37 heavy (non-hydrogen) atoms. The highest BCUT2D eigenvalue weighted by molar-refractivity contribution is 7.89. The smallest absolute Gasteiger partial charge is 0.258 e. The minimum atomic E-state index is -3.89. The Hall–Kier alpha value is -4.54. The molecule has 0 bridgehead atoms. The first-order valence-electron chi connectivity index (χ1n) is 11.4. The lowest BCUT2D eigenvalue weighted by Gasteiger charge is -2.11. The highest BCUT2D eigenvalue weighted by atomic mass is 32.2. The van der Waals surface area contributed by atoms with Gasteiger partial charge in [0.2, 0.25) is 10.0 Å². The Kier molecular flexibility index (Phi) is 6.20. The van der Waals surface area contributed by atoms with Gasteiger partial charge in [-0.25, -0.2) is 13.6 Å². The number of aryl methyl sites for hydroxylation is 1. The maximum atomic E-state index is 13.2. The molecule has 5 rings (SSSR count). The van der Waals surface area contributed by atoms with Crippen LogP contribution in [0.15, 0.2) is 94.9 Å². The molecule has 0 atom stereocenters. The average Bonchev–Trinajstić information content (AvgIpc) is 3.31. The SMILES string of the molecule is Cc1[nH]ncc1-c1ccc2c(=O)n(Cc3cccc(C(=O)Nc4cccc(S(N)(=O)=O)c4)c3)ccc2c1. The zero-order chi connectivity index (χ0) is 26.2. The average molecular weight is 514 g/mol. The van der Waals surface area contributed by atoms with E-state index in [0.717, 1.165) is 27.8 Å². The van der Waals surface area contributed by atoms with E-state index in [1.807, 2.05) is 37.3 Å². The molecule has 5 aromatic rings. The van der Waals surface area contributed by atoms with E-state index in [4.69, 9.17) is 5.14 Å². The molecule has 1 amide bonds. The van der Waals surface area contributed by atoms with Crippen molar-refractivity contribution in [3.8, 4) is 11.1 Å². The van der Waals surface area contributed by atoms with Crippen molar-refractivity contribution in [3.05, 3.63) is 112 Å². The molecule has 0 saturated heterocycles. The number of H-pyrrole nitrogens is 1. The Morgan fingerprint density at radius 1 is 1.05 bits per heavy atom. The molecule has 0 aliphatic carbocycles. The van der Waals surface area contributed by atoms with Crippen LogP contribution >= 0.6 is 0 Å². The van der Waals surface area contributed by atoms with E-state index in [0.29, 0.717) is 16.6 Å². The van der Waals surface area contributed by atoms with E-state index in [9.17, 15) is 18.0 Å². The largest absolute Gasteiger partial charge is 0.322 e. The minimum absolute atomic E-state index is 0.0956. The molecule has 0 unspecified atom stereocenters. The number of anilines is 1. The third-order valence-corrected chi connectivity index (χ3v) is 6.99. The lowest BCUT2D eigenvalue weighted by Crippen LogP contribution is -2.20. The molecule has 0 saturated carbocycles. The first-order valence-corrected chi connectivity index (χ1v) is 12.9. The quantitative estimate of drug-likeness (QED) is 0.318. The zero-order valence-electron chi connectivity index (χ0n) is 19.8. The number of pyridine rings is 1. The summed E-state index contributed by atoms with van der Waals surface area (Å²) in [5.41, 5.74) is 4.21. The van der Waals surface area contributed by atoms with E-state index in [-0.39, 0.29) is 17.0 Å². The van der Waals surface area contributed by atoms with Crippen molar-refractivity contribution >= 4 is 32.4 Å². The molecule has 186 valence electrons. The maximum absolute atomic E-state index is 13.2. The number of fused-ring (bicyclic) bond motifs is 1. The number of rotatable bonds is 6. The van der Waals surface area contributed by atoms with E-state index in [1.165, 1.54) is 18.2 Å². The number of nitrogens with one attached hydrogen (secondary N) is 2.